The van der Waals surface area contributed by atoms with E-state index in [9.17, 15) is 10.1 Å². The maximum absolute atomic E-state index is 11.5. The van der Waals surface area contributed by atoms with E-state index in [2.05, 4.69) is 13.0 Å². The van der Waals surface area contributed by atoms with Gasteiger partial charge < -0.3 is 4.74 Å². The van der Waals surface area contributed by atoms with Gasteiger partial charge in [-0.05, 0) is 44.4 Å². The molecule has 0 aromatic rings. The maximum Gasteiger partial charge on any atom is 0.303 e. The Labute approximate surface area is 108 Å². The van der Waals surface area contributed by atoms with Gasteiger partial charge in [0.15, 0.2) is 0 Å². The number of rotatable bonds is 2. The molecule has 0 aromatic heterocycles. The molecule has 3 nitrogen and oxygen atoms in total. The van der Waals surface area contributed by atoms with Gasteiger partial charge in [-0.3, -0.25) is 4.79 Å². The molecule has 4 aliphatic carbocycles. The van der Waals surface area contributed by atoms with Crippen LogP contribution < -0.4 is 0 Å². The molecule has 0 spiro atoms. The first-order valence-electron chi connectivity index (χ1n) is 7.14. The smallest absolute Gasteiger partial charge is 0.303 e. The van der Waals surface area contributed by atoms with Crippen LogP contribution in [0.5, 0.6) is 0 Å². The molecular formula is C15H21NO2. The Kier molecular flexibility index (Phi) is 2.49. The molecule has 98 valence electrons. The number of esters is 1. The standard InChI is InChI=1S/C15H21NO2/c1-3-15(18-10(2)17)12-4-11-5-13(15)8-14(6-11,7-12)9-16/h11-13H,3-8H2,1-2H3. The van der Waals surface area contributed by atoms with Crippen molar-refractivity contribution in [2.75, 3.05) is 0 Å². The average Bonchev–Trinajstić information content (AvgIpc) is 2.33. The number of hydrogen-bond donors (Lipinski definition) is 0. The highest BCUT2D eigenvalue weighted by Gasteiger charge is 2.63. The van der Waals surface area contributed by atoms with Gasteiger partial charge in [-0.25, -0.2) is 0 Å². The van der Waals surface area contributed by atoms with Crippen molar-refractivity contribution in [2.24, 2.45) is 23.2 Å². The predicted octanol–water partition coefficient (Wildman–Crippen LogP) is 3.05. The lowest BCUT2D eigenvalue weighted by atomic mass is 9.44. The molecule has 4 rings (SSSR count). The summed E-state index contributed by atoms with van der Waals surface area (Å²) in [5.74, 6) is 1.36. The molecule has 4 aliphatic rings. The lowest BCUT2D eigenvalue weighted by Crippen LogP contribution is -2.62. The van der Waals surface area contributed by atoms with E-state index < -0.39 is 0 Å². The molecule has 4 saturated carbocycles. The minimum Gasteiger partial charge on any atom is -0.459 e. The third kappa shape index (κ3) is 1.44. The largest absolute Gasteiger partial charge is 0.459 e. The first-order valence-corrected chi connectivity index (χ1v) is 7.14. The average molecular weight is 247 g/mol. The summed E-state index contributed by atoms with van der Waals surface area (Å²) in [5, 5.41) is 9.50. The summed E-state index contributed by atoms with van der Waals surface area (Å²) in [6, 6.07) is 2.58. The highest BCUT2D eigenvalue weighted by atomic mass is 16.6. The molecule has 0 N–H and O–H groups in total. The second kappa shape index (κ2) is 3.73. The topological polar surface area (TPSA) is 50.1 Å². The molecule has 2 unspecified atom stereocenters. The Balaban J connectivity index is 1.96. The Morgan fingerprint density at radius 1 is 1.33 bits per heavy atom. The fourth-order valence-electron chi connectivity index (χ4n) is 5.28. The lowest BCUT2D eigenvalue weighted by Gasteiger charge is -2.62. The number of nitriles is 1. The summed E-state index contributed by atoms with van der Waals surface area (Å²) < 4.78 is 5.81. The normalized spacial score (nSPS) is 48.8. The van der Waals surface area contributed by atoms with E-state index in [1.807, 2.05) is 0 Å². The number of ether oxygens (including phenoxy) is 1. The zero-order valence-electron chi connectivity index (χ0n) is 11.2. The van der Waals surface area contributed by atoms with Gasteiger partial charge in [0, 0.05) is 18.8 Å². The van der Waals surface area contributed by atoms with Crippen molar-refractivity contribution in [1.29, 1.82) is 5.26 Å². The molecule has 0 aliphatic heterocycles. The van der Waals surface area contributed by atoms with E-state index in [0.29, 0.717) is 17.8 Å². The highest BCUT2D eigenvalue weighted by Crippen LogP contribution is 2.65. The fraction of sp³-hybridized carbons (Fsp3) is 0.867. The van der Waals surface area contributed by atoms with Crippen LogP contribution in [0.1, 0.15) is 52.4 Å². The number of nitrogens with zero attached hydrogens (tertiary/aromatic N) is 1. The van der Waals surface area contributed by atoms with Crippen molar-refractivity contribution in [2.45, 2.75) is 58.0 Å². The van der Waals surface area contributed by atoms with Crippen molar-refractivity contribution >= 4 is 5.97 Å². The Hall–Kier alpha value is -1.04. The van der Waals surface area contributed by atoms with E-state index in [1.54, 1.807) is 0 Å². The number of carbonyl (C=O) groups excluding carboxylic acids is 1. The quantitative estimate of drug-likeness (QED) is 0.705. The third-order valence-electron chi connectivity index (χ3n) is 5.69. The highest BCUT2D eigenvalue weighted by molar-refractivity contribution is 5.66. The molecule has 4 bridgehead atoms. The summed E-state index contributed by atoms with van der Waals surface area (Å²) in [6.45, 7) is 3.65. The molecule has 2 atom stereocenters. The molecule has 18 heavy (non-hydrogen) atoms. The molecule has 3 heteroatoms. The van der Waals surface area contributed by atoms with Crippen molar-refractivity contribution < 1.29 is 9.53 Å². The van der Waals surface area contributed by atoms with Crippen molar-refractivity contribution in [3.8, 4) is 6.07 Å². The first-order chi connectivity index (χ1) is 8.53. The van der Waals surface area contributed by atoms with E-state index >= 15 is 0 Å². The fourth-order valence-corrected chi connectivity index (χ4v) is 5.28. The second-order valence-corrected chi connectivity index (χ2v) is 6.64. The van der Waals surface area contributed by atoms with Crippen LogP contribution in [0.3, 0.4) is 0 Å². The zero-order valence-corrected chi connectivity index (χ0v) is 11.2. The minimum absolute atomic E-state index is 0.102. The van der Waals surface area contributed by atoms with Crippen LogP contribution in [-0.4, -0.2) is 11.6 Å². The Morgan fingerprint density at radius 3 is 2.39 bits per heavy atom. The van der Waals surface area contributed by atoms with Crippen LogP contribution >= 0.6 is 0 Å². The van der Waals surface area contributed by atoms with Crippen LogP contribution in [0.15, 0.2) is 0 Å². The summed E-state index contributed by atoms with van der Waals surface area (Å²) in [4.78, 5) is 11.5. The monoisotopic (exact) mass is 247 g/mol. The van der Waals surface area contributed by atoms with Crippen LogP contribution in [-0.2, 0) is 9.53 Å². The first kappa shape index (κ1) is 12.0. The summed E-state index contributed by atoms with van der Waals surface area (Å²) in [7, 11) is 0. The van der Waals surface area contributed by atoms with Gasteiger partial charge in [0.2, 0.25) is 0 Å². The Morgan fingerprint density at radius 2 is 1.94 bits per heavy atom. The van der Waals surface area contributed by atoms with Gasteiger partial charge in [0.05, 0.1) is 11.5 Å². The van der Waals surface area contributed by atoms with E-state index in [-0.39, 0.29) is 17.0 Å². The van der Waals surface area contributed by atoms with Crippen LogP contribution in [0.25, 0.3) is 0 Å². The SMILES string of the molecule is CCC1(OC(C)=O)C2CC3CC1CC(C#N)(C3)C2. The van der Waals surface area contributed by atoms with Crippen LogP contribution in [0, 0.1) is 34.5 Å². The van der Waals surface area contributed by atoms with Crippen LogP contribution in [0.2, 0.25) is 0 Å². The van der Waals surface area contributed by atoms with Gasteiger partial charge in [-0.1, -0.05) is 6.92 Å². The summed E-state index contributed by atoms with van der Waals surface area (Å²) in [6.07, 6.45) is 6.17. The molecule has 0 aromatic carbocycles. The van der Waals surface area contributed by atoms with Gasteiger partial charge in [0.1, 0.15) is 5.60 Å². The molecule has 0 saturated heterocycles. The minimum atomic E-state index is -0.261. The zero-order chi connectivity index (χ0) is 13.0. The molecule has 0 amide bonds. The van der Waals surface area contributed by atoms with Gasteiger partial charge >= 0.3 is 5.97 Å². The summed E-state index contributed by atoms with van der Waals surface area (Å²) in [5.41, 5.74) is -0.363. The van der Waals surface area contributed by atoms with Gasteiger partial charge in [0.25, 0.3) is 0 Å². The molecule has 0 radical (unpaired) electrons. The lowest BCUT2D eigenvalue weighted by molar-refractivity contribution is -0.217. The molecule has 0 heterocycles. The van der Waals surface area contributed by atoms with Crippen molar-refractivity contribution in [1.82, 2.24) is 0 Å². The molecule has 4 fully saturated rings. The van der Waals surface area contributed by atoms with E-state index in [4.69, 9.17) is 4.74 Å². The second-order valence-electron chi connectivity index (χ2n) is 6.64. The van der Waals surface area contributed by atoms with E-state index in [1.165, 1.54) is 6.92 Å². The van der Waals surface area contributed by atoms with Crippen molar-refractivity contribution in [3.63, 3.8) is 0 Å². The van der Waals surface area contributed by atoms with Gasteiger partial charge in [-0.2, -0.15) is 5.26 Å². The summed E-state index contributed by atoms with van der Waals surface area (Å²) >= 11 is 0. The number of carbonyl (C=O) groups is 1. The van der Waals surface area contributed by atoms with E-state index in [0.717, 1.165) is 38.5 Å². The van der Waals surface area contributed by atoms with Crippen LogP contribution in [0.4, 0.5) is 0 Å². The van der Waals surface area contributed by atoms with Crippen molar-refractivity contribution in [3.05, 3.63) is 0 Å². The van der Waals surface area contributed by atoms with Gasteiger partial charge in [-0.15, -0.1) is 0 Å². The predicted molar refractivity (Wildman–Crippen MR) is 66.4 cm³/mol. The maximum atomic E-state index is 11.5. The Bertz CT molecular complexity index is 407. The third-order valence-corrected chi connectivity index (χ3v) is 5.69. The number of hydrogen-bond acceptors (Lipinski definition) is 3. The molecular weight excluding hydrogens is 226 g/mol.